The van der Waals surface area contributed by atoms with E-state index in [4.69, 9.17) is 17.3 Å². The molecule has 0 fully saturated rings. The zero-order chi connectivity index (χ0) is 12.5. The Morgan fingerprint density at radius 1 is 1.50 bits per heavy atom. The van der Waals surface area contributed by atoms with Crippen LogP contribution in [0.5, 0.6) is 5.75 Å². The molecule has 0 spiro atoms. The van der Waals surface area contributed by atoms with E-state index in [0.29, 0.717) is 0 Å². The Bertz CT molecular complexity index is 396. The standard InChI is InChI=1S/C11H15ClFNO2/c1-11(2,5-15)10(14)8-6(12)3-4-7(13)9(8)16/h3-4,10,15-16H,5,14H2,1-2H3/t10-/m1/s1. The fourth-order valence-corrected chi connectivity index (χ4v) is 1.61. The van der Waals surface area contributed by atoms with Crippen LogP contribution in [-0.4, -0.2) is 16.8 Å². The number of aromatic hydroxyl groups is 1. The van der Waals surface area contributed by atoms with E-state index in [-0.39, 0.29) is 17.2 Å². The van der Waals surface area contributed by atoms with Crippen molar-refractivity contribution < 1.29 is 14.6 Å². The first kappa shape index (κ1) is 13.2. The van der Waals surface area contributed by atoms with Crippen LogP contribution >= 0.6 is 11.6 Å². The van der Waals surface area contributed by atoms with Gasteiger partial charge in [-0.1, -0.05) is 25.4 Å². The van der Waals surface area contributed by atoms with Gasteiger partial charge in [-0.05, 0) is 12.1 Å². The summed E-state index contributed by atoms with van der Waals surface area (Å²) >= 11 is 5.87. The highest BCUT2D eigenvalue weighted by Crippen LogP contribution is 2.40. The fraction of sp³-hybridized carbons (Fsp3) is 0.455. The van der Waals surface area contributed by atoms with E-state index in [1.807, 2.05) is 0 Å². The Morgan fingerprint density at radius 2 is 2.06 bits per heavy atom. The molecule has 4 N–H and O–H groups in total. The first-order valence-electron chi connectivity index (χ1n) is 4.84. The van der Waals surface area contributed by atoms with Crippen molar-refractivity contribution in [1.82, 2.24) is 0 Å². The molecule has 5 heteroatoms. The van der Waals surface area contributed by atoms with Crippen molar-refractivity contribution in [2.75, 3.05) is 6.61 Å². The summed E-state index contributed by atoms with van der Waals surface area (Å²) in [6, 6.07) is 1.65. The fourth-order valence-electron chi connectivity index (χ4n) is 1.34. The molecule has 3 nitrogen and oxygen atoms in total. The molecule has 90 valence electrons. The van der Waals surface area contributed by atoms with Crippen molar-refractivity contribution >= 4 is 11.6 Å². The average Bonchev–Trinajstić information content (AvgIpc) is 2.24. The number of rotatable bonds is 3. The Balaban J connectivity index is 3.28. The van der Waals surface area contributed by atoms with Gasteiger partial charge in [-0.3, -0.25) is 0 Å². The molecular weight excluding hydrogens is 233 g/mol. The quantitative estimate of drug-likeness (QED) is 0.767. The van der Waals surface area contributed by atoms with E-state index in [1.54, 1.807) is 13.8 Å². The third kappa shape index (κ3) is 2.29. The minimum Gasteiger partial charge on any atom is -0.505 e. The number of phenolic OH excluding ortho intramolecular Hbond substituents is 1. The molecule has 0 aromatic heterocycles. The molecule has 1 aromatic rings. The van der Waals surface area contributed by atoms with Gasteiger partial charge in [0.2, 0.25) is 0 Å². The maximum absolute atomic E-state index is 13.2. The van der Waals surface area contributed by atoms with Gasteiger partial charge in [0, 0.05) is 28.6 Å². The third-order valence-electron chi connectivity index (χ3n) is 2.68. The highest BCUT2D eigenvalue weighted by molar-refractivity contribution is 6.31. The summed E-state index contributed by atoms with van der Waals surface area (Å²) in [5.74, 6) is -1.33. The van der Waals surface area contributed by atoms with Crippen LogP contribution in [0.25, 0.3) is 0 Å². The number of halogens is 2. The lowest BCUT2D eigenvalue weighted by atomic mass is 9.81. The Hall–Kier alpha value is -0.840. The van der Waals surface area contributed by atoms with Crippen LogP contribution in [0, 0.1) is 11.2 Å². The summed E-state index contributed by atoms with van der Waals surface area (Å²) in [4.78, 5) is 0. The molecule has 16 heavy (non-hydrogen) atoms. The number of hydrogen-bond acceptors (Lipinski definition) is 3. The van der Waals surface area contributed by atoms with Crippen molar-refractivity contribution in [3.8, 4) is 5.75 Å². The van der Waals surface area contributed by atoms with Crippen molar-refractivity contribution in [3.63, 3.8) is 0 Å². The number of nitrogens with two attached hydrogens (primary N) is 1. The van der Waals surface area contributed by atoms with E-state index in [0.717, 1.165) is 6.07 Å². The third-order valence-corrected chi connectivity index (χ3v) is 3.00. The zero-order valence-corrected chi connectivity index (χ0v) is 9.92. The second-order valence-corrected chi connectivity index (χ2v) is 4.82. The van der Waals surface area contributed by atoms with Crippen LogP contribution in [0.1, 0.15) is 25.5 Å². The summed E-state index contributed by atoms with van der Waals surface area (Å²) in [6.45, 7) is 3.22. The number of benzene rings is 1. The Kier molecular flexibility index (Phi) is 3.78. The molecule has 0 aliphatic rings. The van der Waals surface area contributed by atoms with Gasteiger partial charge >= 0.3 is 0 Å². The predicted octanol–water partition coefficient (Wildman–Crippen LogP) is 2.20. The maximum atomic E-state index is 13.2. The number of aliphatic hydroxyl groups excluding tert-OH is 1. The van der Waals surface area contributed by atoms with E-state index in [9.17, 15) is 14.6 Å². The lowest BCUT2D eigenvalue weighted by Crippen LogP contribution is -2.32. The van der Waals surface area contributed by atoms with E-state index in [2.05, 4.69) is 0 Å². The smallest absolute Gasteiger partial charge is 0.165 e. The van der Waals surface area contributed by atoms with Crippen molar-refractivity contribution in [3.05, 3.63) is 28.5 Å². The lowest BCUT2D eigenvalue weighted by Gasteiger charge is -2.30. The van der Waals surface area contributed by atoms with E-state index in [1.165, 1.54) is 6.07 Å². The van der Waals surface area contributed by atoms with E-state index >= 15 is 0 Å². The average molecular weight is 248 g/mol. The van der Waals surface area contributed by atoms with Crippen LogP contribution in [0.15, 0.2) is 12.1 Å². The topological polar surface area (TPSA) is 66.5 Å². The molecule has 0 unspecified atom stereocenters. The molecule has 0 aliphatic heterocycles. The molecule has 0 saturated heterocycles. The van der Waals surface area contributed by atoms with Crippen molar-refractivity contribution in [2.45, 2.75) is 19.9 Å². The molecule has 1 rings (SSSR count). The molecule has 1 aromatic carbocycles. The SMILES string of the molecule is CC(C)(CO)[C@H](N)c1c(Cl)ccc(F)c1O. The van der Waals surface area contributed by atoms with Gasteiger partial charge in [-0.25, -0.2) is 4.39 Å². The van der Waals surface area contributed by atoms with Crippen LogP contribution < -0.4 is 5.73 Å². The summed E-state index contributed by atoms with van der Waals surface area (Å²) in [5.41, 5.74) is 5.31. The van der Waals surface area contributed by atoms with Crippen LogP contribution in [0.4, 0.5) is 4.39 Å². The minimum atomic E-state index is -0.774. The zero-order valence-electron chi connectivity index (χ0n) is 9.17. The maximum Gasteiger partial charge on any atom is 0.165 e. The van der Waals surface area contributed by atoms with Gasteiger partial charge in [0.1, 0.15) is 0 Å². The molecule has 1 atom stereocenters. The highest BCUT2D eigenvalue weighted by atomic mass is 35.5. The number of phenols is 1. The first-order chi connectivity index (χ1) is 7.31. The summed E-state index contributed by atoms with van der Waals surface area (Å²) < 4.78 is 13.2. The second kappa shape index (κ2) is 4.57. The van der Waals surface area contributed by atoms with Crippen LogP contribution in [-0.2, 0) is 0 Å². The predicted molar refractivity (Wildman–Crippen MR) is 60.9 cm³/mol. The second-order valence-electron chi connectivity index (χ2n) is 4.42. The number of hydrogen-bond donors (Lipinski definition) is 3. The van der Waals surface area contributed by atoms with Crippen molar-refractivity contribution in [1.29, 1.82) is 0 Å². The van der Waals surface area contributed by atoms with Crippen LogP contribution in [0.3, 0.4) is 0 Å². The molecule has 0 bridgehead atoms. The summed E-state index contributed by atoms with van der Waals surface area (Å²) in [7, 11) is 0. The first-order valence-corrected chi connectivity index (χ1v) is 5.22. The highest BCUT2D eigenvalue weighted by Gasteiger charge is 2.31. The van der Waals surface area contributed by atoms with Gasteiger partial charge in [0.05, 0.1) is 0 Å². The Labute approximate surface area is 98.7 Å². The molecule has 0 aliphatic carbocycles. The molecule has 0 amide bonds. The normalized spacial score (nSPS) is 13.9. The Morgan fingerprint density at radius 3 is 2.56 bits per heavy atom. The summed E-state index contributed by atoms with van der Waals surface area (Å²) in [5, 5.41) is 19.0. The monoisotopic (exact) mass is 247 g/mol. The van der Waals surface area contributed by atoms with Gasteiger partial charge in [0.15, 0.2) is 11.6 Å². The van der Waals surface area contributed by atoms with Crippen LogP contribution in [0.2, 0.25) is 5.02 Å². The molecular formula is C11H15ClFNO2. The molecule has 0 radical (unpaired) electrons. The van der Waals surface area contributed by atoms with Gasteiger partial charge in [0.25, 0.3) is 0 Å². The van der Waals surface area contributed by atoms with E-state index < -0.39 is 23.0 Å². The van der Waals surface area contributed by atoms with Gasteiger partial charge < -0.3 is 15.9 Å². The molecule has 0 saturated carbocycles. The number of aliphatic hydroxyl groups is 1. The molecule has 0 heterocycles. The minimum absolute atomic E-state index is 0.126. The van der Waals surface area contributed by atoms with Gasteiger partial charge in [-0.15, -0.1) is 0 Å². The largest absolute Gasteiger partial charge is 0.505 e. The summed E-state index contributed by atoms with van der Waals surface area (Å²) in [6.07, 6.45) is 0. The van der Waals surface area contributed by atoms with Gasteiger partial charge in [-0.2, -0.15) is 0 Å². The lowest BCUT2D eigenvalue weighted by molar-refractivity contribution is 0.131. The van der Waals surface area contributed by atoms with Crippen molar-refractivity contribution in [2.24, 2.45) is 11.1 Å².